The molecule has 0 radical (unpaired) electrons. The van der Waals surface area contributed by atoms with Crippen molar-refractivity contribution in [2.24, 2.45) is 0 Å². The highest BCUT2D eigenvalue weighted by Gasteiger charge is 2.08. The first-order valence-corrected chi connectivity index (χ1v) is 5.27. The molecule has 13 heavy (non-hydrogen) atoms. The molecular weight excluding hydrogens is 305 g/mol. The molecule has 1 nitrogen and oxygen atoms in total. The summed E-state index contributed by atoms with van der Waals surface area (Å²) in [5.41, 5.74) is 0.700. The van der Waals surface area contributed by atoms with Crippen LogP contribution in [0.4, 0.5) is 4.39 Å². The standard InChI is InChI=1S/C9H7ClFIO/c10-5-7(13)4-6-2-1-3-8(11)9(6)12/h1-3H,4-5H2. The van der Waals surface area contributed by atoms with Crippen molar-refractivity contribution in [3.05, 3.63) is 33.1 Å². The molecule has 70 valence electrons. The third-order valence-electron chi connectivity index (χ3n) is 1.57. The van der Waals surface area contributed by atoms with Gasteiger partial charge in [-0.3, -0.25) is 4.79 Å². The van der Waals surface area contributed by atoms with Crippen molar-refractivity contribution >= 4 is 40.0 Å². The molecule has 0 saturated carbocycles. The van der Waals surface area contributed by atoms with Crippen LogP contribution in [0, 0.1) is 9.39 Å². The van der Waals surface area contributed by atoms with Gasteiger partial charge in [0.25, 0.3) is 0 Å². The fourth-order valence-corrected chi connectivity index (χ4v) is 1.59. The van der Waals surface area contributed by atoms with Crippen LogP contribution in [-0.2, 0) is 11.2 Å². The van der Waals surface area contributed by atoms with Crippen molar-refractivity contribution in [3.63, 3.8) is 0 Å². The zero-order chi connectivity index (χ0) is 9.84. The SMILES string of the molecule is O=C(CCl)Cc1cccc(F)c1I. The predicted molar refractivity (Wildman–Crippen MR) is 58.5 cm³/mol. The molecule has 0 heterocycles. The maximum Gasteiger partial charge on any atom is 0.151 e. The average molecular weight is 313 g/mol. The van der Waals surface area contributed by atoms with Crippen LogP contribution in [0.3, 0.4) is 0 Å². The van der Waals surface area contributed by atoms with E-state index in [9.17, 15) is 9.18 Å². The van der Waals surface area contributed by atoms with Crippen LogP contribution < -0.4 is 0 Å². The summed E-state index contributed by atoms with van der Waals surface area (Å²) in [4.78, 5) is 11.0. The lowest BCUT2D eigenvalue weighted by Crippen LogP contribution is -2.05. The summed E-state index contributed by atoms with van der Waals surface area (Å²) < 4.78 is 13.5. The molecule has 0 fully saturated rings. The molecule has 0 aliphatic heterocycles. The van der Waals surface area contributed by atoms with Gasteiger partial charge in [-0.05, 0) is 34.2 Å². The van der Waals surface area contributed by atoms with Crippen LogP contribution in [0.1, 0.15) is 5.56 Å². The van der Waals surface area contributed by atoms with Gasteiger partial charge in [0.2, 0.25) is 0 Å². The minimum atomic E-state index is -0.291. The monoisotopic (exact) mass is 312 g/mol. The van der Waals surface area contributed by atoms with E-state index < -0.39 is 0 Å². The highest BCUT2D eigenvalue weighted by Crippen LogP contribution is 2.16. The van der Waals surface area contributed by atoms with E-state index in [-0.39, 0.29) is 23.9 Å². The molecule has 1 rings (SSSR count). The van der Waals surface area contributed by atoms with Gasteiger partial charge in [-0.1, -0.05) is 12.1 Å². The number of rotatable bonds is 3. The van der Waals surface area contributed by atoms with Crippen molar-refractivity contribution in [1.82, 2.24) is 0 Å². The zero-order valence-electron chi connectivity index (χ0n) is 6.69. The fraction of sp³-hybridized carbons (Fsp3) is 0.222. The molecule has 0 amide bonds. The number of Topliss-reactive ketones (excluding diaryl/α,β-unsaturated/α-hetero) is 1. The number of halogens is 3. The van der Waals surface area contributed by atoms with E-state index in [1.807, 2.05) is 22.6 Å². The Labute approximate surface area is 94.4 Å². The lowest BCUT2D eigenvalue weighted by atomic mass is 10.1. The smallest absolute Gasteiger partial charge is 0.151 e. The van der Waals surface area contributed by atoms with Gasteiger partial charge in [0.1, 0.15) is 5.82 Å². The first-order valence-electron chi connectivity index (χ1n) is 3.65. The Kier molecular flexibility index (Phi) is 4.12. The molecule has 0 saturated heterocycles. The summed E-state index contributed by atoms with van der Waals surface area (Å²) in [5, 5.41) is 0. The van der Waals surface area contributed by atoms with E-state index in [1.54, 1.807) is 12.1 Å². The number of carbonyl (C=O) groups is 1. The van der Waals surface area contributed by atoms with Crippen molar-refractivity contribution < 1.29 is 9.18 Å². The third kappa shape index (κ3) is 2.91. The van der Waals surface area contributed by atoms with E-state index in [2.05, 4.69) is 0 Å². The van der Waals surface area contributed by atoms with Gasteiger partial charge in [-0.2, -0.15) is 0 Å². The molecule has 4 heteroatoms. The Morgan fingerprint density at radius 3 is 2.85 bits per heavy atom. The summed E-state index contributed by atoms with van der Waals surface area (Å²) in [6, 6.07) is 4.69. The molecule has 0 N–H and O–H groups in total. The number of benzene rings is 1. The van der Waals surface area contributed by atoms with Crippen LogP contribution in [-0.4, -0.2) is 11.7 Å². The summed E-state index contributed by atoms with van der Waals surface area (Å²) in [5.74, 6) is -0.405. The van der Waals surface area contributed by atoms with Crippen LogP contribution in [0.2, 0.25) is 0 Å². The number of hydrogen-bond donors (Lipinski definition) is 0. The van der Waals surface area contributed by atoms with Crippen molar-refractivity contribution in [2.45, 2.75) is 6.42 Å². The van der Waals surface area contributed by atoms with Gasteiger partial charge >= 0.3 is 0 Å². The molecule has 0 aliphatic rings. The predicted octanol–water partition coefficient (Wildman–Crippen LogP) is 2.78. The Balaban J connectivity index is 2.89. The molecule has 0 aliphatic carbocycles. The van der Waals surface area contributed by atoms with Crippen LogP contribution in [0.5, 0.6) is 0 Å². The highest BCUT2D eigenvalue weighted by atomic mass is 127. The van der Waals surface area contributed by atoms with Gasteiger partial charge in [0, 0.05) is 6.42 Å². The molecular formula is C9H7ClFIO. The van der Waals surface area contributed by atoms with Crippen molar-refractivity contribution in [1.29, 1.82) is 0 Å². The Hall–Kier alpha value is -0.160. The van der Waals surface area contributed by atoms with Crippen LogP contribution in [0.15, 0.2) is 18.2 Å². The summed E-state index contributed by atoms with van der Waals surface area (Å²) in [6.07, 6.45) is 0.208. The normalized spacial score (nSPS) is 10.1. The van der Waals surface area contributed by atoms with E-state index in [0.29, 0.717) is 9.13 Å². The Morgan fingerprint density at radius 1 is 1.54 bits per heavy atom. The minimum absolute atomic E-state index is 0.0212. The van der Waals surface area contributed by atoms with Gasteiger partial charge in [-0.15, -0.1) is 11.6 Å². The van der Waals surface area contributed by atoms with E-state index in [0.717, 1.165) is 0 Å². The fourth-order valence-electron chi connectivity index (χ4n) is 0.945. The summed E-state index contributed by atoms with van der Waals surface area (Å²) in [6.45, 7) is 0. The number of ketones is 1. The molecule has 0 bridgehead atoms. The van der Waals surface area contributed by atoms with Gasteiger partial charge < -0.3 is 0 Å². The lowest BCUT2D eigenvalue weighted by Gasteiger charge is -2.02. The quantitative estimate of drug-likeness (QED) is 0.619. The molecule has 0 atom stereocenters. The van der Waals surface area contributed by atoms with Gasteiger partial charge in [0.05, 0.1) is 9.45 Å². The van der Waals surface area contributed by atoms with Gasteiger partial charge in [0.15, 0.2) is 5.78 Å². The maximum absolute atomic E-state index is 13.0. The molecule has 0 aromatic heterocycles. The number of alkyl halides is 1. The number of hydrogen-bond acceptors (Lipinski definition) is 1. The van der Waals surface area contributed by atoms with E-state index >= 15 is 0 Å². The number of carbonyl (C=O) groups excluding carboxylic acids is 1. The van der Waals surface area contributed by atoms with Crippen molar-refractivity contribution in [2.75, 3.05) is 5.88 Å². The second-order valence-corrected chi connectivity index (χ2v) is 3.91. The van der Waals surface area contributed by atoms with Crippen molar-refractivity contribution in [3.8, 4) is 0 Å². The lowest BCUT2D eigenvalue weighted by molar-refractivity contribution is -0.116. The topological polar surface area (TPSA) is 17.1 Å². The van der Waals surface area contributed by atoms with E-state index in [4.69, 9.17) is 11.6 Å². The Bertz CT molecular complexity index is 327. The van der Waals surface area contributed by atoms with Crippen LogP contribution in [0.25, 0.3) is 0 Å². The highest BCUT2D eigenvalue weighted by molar-refractivity contribution is 14.1. The first kappa shape index (κ1) is 10.9. The zero-order valence-corrected chi connectivity index (χ0v) is 9.60. The molecule has 0 spiro atoms. The van der Waals surface area contributed by atoms with Gasteiger partial charge in [-0.25, -0.2) is 4.39 Å². The minimum Gasteiger partial charge on any atom is -0.298 e. The largest absolute Gasteiger partial charge is 0.298 e. The second-order valence-electron chi connectivity index (χ2n) is 2.56. The first-order chi connectivity index (χ1) is 6.15. The third-order valence-corrected chi connectivity index (χ3v) is 3.07. The maximum atomic E-state index is 13.0. The Morgan fingerprint density at radius 2 is 2.23 bits per heavy atom. The summed E-state index contributed by atoms with van der Waals surface area (Å²) in [7, 11) is 0. The molecule has 1 aromatic rings. The van der Waals surface area contributed by atoms with Crippen LogP contribution >= 0.6 is 34.2 Å². The average Bonchev–Trinajstić information content (AvgIpc) is 2.13. The van der Waals surface area contributed by atoms with E-state index in [1.165, 1.54) is 6.07 Å². The molecule has 1 aromatic carbocycles. The summed E-state index contributed by atoms with van der Waals surface area (Å²) >= 11 is 7.23. The molecule has 0 unspecified atom stereocenters. The second kappa shape index (κ2) is 4.91.